The molecule has 0 atom stereocenters. The quantitative estimate of drug-likeness (QED) is 0.805. The number of benzene rings is 1. The maximum absolute atomic E-state index is 13.2. The zero-order valence-electron chi connectivity index (χ0n) is 16.5. The Morgan fingerprint density at radius 3 is 2.76 bits per heavy atom. The highest BCUT2D eigenvalue weighted by molar-refractivity contribution is 7.99. The van der Waals surface area contributed by atoms with Crippen molar-refractivity contribution < 1.29 is 9.59 Å². The van der Waals surface area contributed by atoms with Gasteiger partial charge in [-0.3, -0.25) is 19.4 Å². The molecule has 0 radical (unpaired) electrons. The summed E-state index contributed by atoms with van der Waals surface area (Å²) >= 11 is 1.46. The smallest absolute Gasteiger partial charge is 0.261 e. The van der Waals surface area contributed by atoms with Crippen molar-refractivity contribution in [1.29, 1.82) is 0 Å². The number of fused-ring (bicyclic) bond motifs is 2. The molecule has 7 nitrogen and oxygen atoms in total. The molecule has 2 amide bonds. The Kier molecular flexibility index (Phi) is 6.13. The number of aromatic nitrogens is 1. The normalized spacial score (nSPS) is 17.4. The topological polar surface area (TPSA) is 68.8 Å². The number of hydrogen-bond donors (Lipinski definition) is 1. The van der Waals surface area contributed by atoms with Crippen molar-refractivity contribution in [3.63, 3.8) is 0 Å². The maximum Gasteiger partial charge on any atom is 0.261 e. The van der Waals surface area contributed by atoms with E-state index in [2.05, 4.69) is 27.1 Å². The number of anilines is 1. The van der Waals surface area contributed by atoms with Crippen molar-refractivity contribution in [3.8, 4) is 0 Å². The minimum atomic E-state index is -0.195. The fraction of sp³-hybridized carbons (Fsp3) is 0.381. The average molecular weight is 412 g/mol. The van der Waals surface area contributed by atoms with Gasteiger partial charge in [-0.05, 0) is 31.3 Å². The molecule has 0 unspecified atom stereocenters. The number of nitrogens with zero attached hydrogens (tertiary/aromatic N) is 4. The molecule has 1 N–H and O–H groups in total. The second-order valence-electron chi connectivity index (χ2n) is 7.31. The minimum Gasteiger partial charge on any atom is -0.353 e. The fourth-order valence-electron chi connectivity index (χ4n) is 3.54. The third-order valence-electron chi connectivity index (χ3n) is 5.26. The molecule has 3 heterocycles. The Balaban J connectivity index is 1.43. The van der Waals surface area contributed by atoms with E-state index in [1.165, 1.54) is 11.8 Å². The Bertz CT molecular complexity index is 898. The molecule has 0 aliphatic carbocycles. The highest BCUT2D eigenvalue weighted by Gasteiger charge is 2.29. The Labute approximate surface area is 175 Å². The first-order chi connectivity index (χ1) is 14.1. The Hall–Kier alpha value is -2.42. The van der Waals surface area contributed by atoms with Crippen molar-refractivity contribution in [2.75, 3.05) is 57.8 Å². The van der Waals surface area contributed by atoms with Crippen LogP contribution in [-0.4, -0.2) is 79.5 Å². The van der Waals surface area contributed by atoms with Gasteiger partial charge in [0.1, 0.15) is 11.6 Å². The van der Waals surface area contributed by atoms with Gasteiger partial charge in [-0.15, -0.1) is 0 Å². The Morgan fingerprint density at radius 2 is 1.93 bits per heavy atom. The number of amides is 2. The summed E-state index contributed by atoms with van der Waals surface area (Å²) in [6.45, 7) is 5.55. The van der Waals surface area contributed by atoms with Crippen LogP contribution in [-0.2, 0) is 4.79 Å². The van der Waals surface area contributed by atoms with Crippen LogP contribution in [0.3, 0.4) is 0 Å². The van der Waals surface area contributed by atoms with Crippen molar-refractivity contribution in [2.24, 2.45) is 0 Å². The number of likely N-dealkylation sites (N-methyl/N-ethyl adjacent to an activating group) is 1. The number of piperazine rings is 1. The van der Waals surface area contributed by atoms with Crippen molar-refractivity contribution >= 4 is 29.3 Å². The average Bonchev–Trinajstić information content (AvgIpc) is 2.85. The van der Waals surface area contributed by atoms with Gasteiger partial charge in [0, 0.05) is 50.4 Å². The lowest BCUT2D eigenvalue weighted by atomic mass is 10.2. The molecular weight excluding hydrogens is 386 g/mol. The van der Waals surface area contributed by atoms with Gasteiger partial charge in [0.25, 0.3) is 5.91 Å². The first-order valence-corrected chi connectivity index (χ1v) is 10.6. The summed E-state index contributed by atoms with van der Waals surface area (Å²) in [6, 6.07) is 11.2. The number of pyridine rings is 1. The lowest BCUT2D eigenvalue weighted by molar-refractivity contribution is -0.119. The monoisotopic (exact) mass is 411 g/mol. The van der Waals surface area contributed by atoms with Gasteiger partial charge in [-0.1, -0.05) is 23.9 Å². The highest BCUT2D eigenvalue weighted by Crippen LogP contribution is 2.39. The first-order valence-electron chi connectivity index (χ1n) is 9.83. The molecule has 29 heavy (non-hydrogen) atoms. The van der Waals surface area contributed by atoms with E-state index < -0.39 is 0 Å². The van der Waals surface area contributed by atoms with E-state index in [0.29, 0.717) is 17.1 Å². The molecule has 0 bridgehead atoms. The molecule has 0 spiro atoms. The van der Waals surface area contributed by atoms with E-state index in [1.807, 2.05) is 24.3 Å². The molecule has 152 valence electrons. The van der Waals surface area contributed by atoms with Crippen LogP contribution in [0.1, 0.15) is 10.4 Å². The molecule has 4 rings (SSSR count). The van der Waals surface area contributed by atoms with E-state index in [4.69, 9.17) is 0 Å². The largest absolute Gasteiger partial charge is 0.353 e. The predicted molar refractivity (Wildman–Crippen MR) is 113 cm³/mol. The van der Waals surface area contributed by atoms with Crippen LogP contribution < -0.4 is 10.2 Å². The summed E-state index contributed by atoms with van der Waals surface area (Å²) < 4.78 is 0. The van der Waals surface area contributed by atoms with Crippen LogP contribution in [0.4, 0.5) is 5.69 Å². The molecular formula is C21H25N5O2S. The molecule has 1 saturated heterocycles. The van der Waals surface area contributed by atoms with E-state index in [-0.39, 0.29) is 18.4 Å². The van der Waals surface area contributed by atoms with Crippen molar-refractivity contribution in [2.45, 2.75) is 9.92 Å². The van der Waals surface area contributed by atoms with Crippen LogP contribution in [0.25, 0.3) is 0 Å². The predicted octanol–water partition coefficient (Wildman–Crippen LogP) is 1.56. The SMILES string of the molecule is CN1CCN(CCNC(=O)CN2C(=O)c3cccnc3Sc3ccccc32)CC1. The van der Waals surface area contributed by atoms with Gasteiger partial charge in [0.2, 0.25) is 5.91 Å². The van der Waals surface area contributed by atoms with Gasteiger partial charge in [-0.25, -0.2) is 4.98 Å². The number of hydrogen-bond acceptors (Lipinski definition) is 6. The third-order valence-corrected chi connectivity index (χ3v) is 6.34. The van der Waals surface area contributed by atoms with E-state index >= 15 is 0 Å². The second kappa shape index (κ2) is 8.94. The number of rotatable bonds is 5. The minimum absolute atomic E-state index is 0.00647. The zero-order valence-corrected chi connectivity index (χ0v) is 17.3. The zero-order chi connectivity index (χ0) is 20.2. The highest BCUT2D eigenvalue weighted by atomic mass is 32.2. The van der Waals surface area contributed by atoms with Gasteiger partial charge in [0.05, 0.1) is 11.3 Å². The number of carbonyl (C=O) groups excluding carboxylic acids is 2. The lowest BCUT2D eigenvalue weighted by Gasteiger charge is -2.32. The molecule has 2 aliphatic heterocycles. The van der Waals surface area contributed by atoms with E-state index in [0.717, 1.165) is 43.3 Å². The maximum atomic E-state index is 13.2. The van der Waals surface area contributed by atoms with Gasteiger partial charge >= 0.3 is 0 Å². The molecule has 1 fully saturated rings. The van der Waals surface area contributed by atoms with Crippen molar-refractivity contribution in [1.82, 2.24) is 20.1 Å². The first kappa shape index (κ1) is 19.9. The van der Waals surface area contributed by atoms with Crippen LogP contribution in [0.5, 0.6) is 0 Å². The van der Waals surface area contributed by atoms with Gasteiger partial charge < -0.3 is 10.2 Å². The van der Waals surface area contributed by atoms with Gasteiger partial charge in [0.15, 0.2) is 0 Å². The summed E-state index contributed by atoms with van der Waals surface area (Å²) in [5.41, 5.74) is 1.27. The van der Waals surface area contributed by atoms with E-state index in [1.54, 1.807) is 23.2 Å². The van der Waals surface area contributed by atoms with Crippen LogP contribution in [0.2, 0.25) is 0 Å². The summed E-state index contributed by atoms with van der Waals surface area (Å²) in [7, 11) is 2.13. The molecule has 1 aromatic carbocycles. The molecule has 2 aliphatic rings. The molecule has 8 heteroatoms. The second-order valence-corrected chi connectivity index (χ2v) is 8.34. The number of para-hydroxylation sites is 1. The molecule has 0 saturated carbocycles. The third kappa shape index (κ3) is 4.60. The standard InChI is InChI=1S/C21H25N5O2S/c1-24-11-13-25(14-12-24)10-9-22-19(27)15-26-17-6-2-3-7-18(17)29-20-16(21(26)28)5-4-8-23-20/h2-8H,9-15H2,1H3,(H,22,27). The van der Waals surface area contributed by atoms with Crippen LogP contribution >= 0.6 is 11.8 Å². The summed E-state index contributed by atoms with van der Waals surface area (Å²) in [4.78, 5) is 37.3. The number of nitrogens with one attached hydrogen (secondary N) is 1. The number of carbonyl (C=O) groups is 2. The molecule has 2 aromatic rings. The van der Waals surface area contributed by atoms with Crippen molar-refractivity contribution in [3.05, 3.63) is 48.2 Å². The van der Waals surface area contributed by atoms with Crippen LogP contribution in [0, 0.1) is 0 Å². The van der Waals surface area contributed by atoms with Crippen LogP contribution in [0.15, 0.2) is 52.5 Å². The van der Waals surface area contributed by atoms with E-state index in [9.17, 15) is 9.59 Å². The fourth-order valence-corrected chi connectivity index (χ4v) is 4.56. The summed E-state index contributed by atoms with van der Waals surface area (Å²) in [6.07, 6.45) is 1.68. The Morgan fingerprint density at radius 1 is 1.14 bits per heavy atom. The van der Waals surface area contributed by atoms with Gasteiger partial charge in [-0.2, -0.15) is 0 Å². The molecule has 1 aromatic heterocycles. The summed E-state index contributed by atoms with van der Waals surface area (Å²) in [5.74, 6) is -0.348. The lowest BCUT2D eigenvalue weighted by Crippen LogP contribution is -2.48. The summed E-state index contributed by atoms with van der Waals surface area (Å²) in [5, 5.41) is 3.64.